The molecule has 0 fully saturated rings. The molecule has 19 heavy (non-hydrogen) atoms. The minimum Gasteiger partial charge on any atom is -0.434 e. The molecule has 2 nitrogen and oxygen atoms in total. The van der Waals surface area contributed by atoms with E-state index in [1.165, 1.54) is 6.07 Å². The van der Waals surface area contributed by atoms with Crippen LogP contribution in [-0.2, 0) is 6.54 Å². The maximum Gasteiger partial charge on any atom is 0.387 e. The fraction of sp³-hybridized carbons (Fsp3) is 0.571. The zero-order valence-electron chi connectivity index (χ0n) is 11.4. The Kier molecular flexibility index (Phi) is 6.52. The number of hydrogen-bond donors (Lipinski definition) is 1. The first-order valence-corrected chi connectivity index (χ1v) is 6.78. The molecule has 0 saturated carbocycles. The standard InChI is InChI=1S/C14H20ClF2NO/c1-4-9(2)10(3)18-8-11-7-12(15)5-6-13(11)19-14(16)17/h5-7,9-10,14,18H,4,8H2,1-3H3. The molecular weight excluding hydrogens is 272 g/mol. The van der Waals surface area contributed by atoms with E-state index in [1.807, 2.05) is 0 Å². The number of ether oxygens (including phenoxy) is 1. The summed E-state index contributed by atoms with van der Waals surface area (Å²) in [4.78, 5) is 0. The zero-order valence-corrected chi connectivity index (χ0v) is 12.2. The maximum absolute atomic E-state index is 12.3. The Morgan fingerprint density at radius 2 is 2.00 bits per heavy atom. The number of nitrogens with one attached hydrogen (secondary N) is 1. The van der Waals surface area contributed by atoms with E-state index in [0.29, 0.717) is 29.1 Å². The van der Waals surface area contributed by atoms with Gasteiger partial charge in [-0.1, -0.05) is 31.9 Å². The van der Waals surface area contributed by atoms with Crippen molar-refractivity contribution in [2.45, 2.75) is 46.4 Å². The van der Waals surface area contributed by atoms with Crippen molar-refractivity contribution >= 4 is 11.6 Å². The lowest BCUT2D eigenvalue weighted by Gasteiger charge is -2.21. The Morgan fingerprint density at radius 1 is 1.32 bits per heavy atom. The second-order valence-electron chi connectivity index (χ2n) is 4.69. The predicted molar refractivity (Wildman–Crippen MR) is 73.8 cm³/mol. The molecule has 2 atom stereocenters. The first-order chi connectivity index (χ1) is 8.93. The summed E-state index contributed by atoms with van der Waals surface area (Å²) in [5.74, 6) is 0.682. The molecule has 0 aliphatic rings. The highest BCUT2D eigenvalue weighted by molar-refractivity contribution is 6.30. The smallest absolute Gasteiger partial charge is 0.387 e. The molecule has 1 N–H and O–H groups in total. The van der Waals surface area contributed by atoms with Gasteiger partial charge in [-0.15, -0.1) is 0 Å². The lowest BCUT2D eigenvalue weighted by Crippen LogP contribution is -2.31. The summed E-state index contributed by atoms with van der Waals surface area (Å²) in [6.07, 6.45) is 1.06. The highest BCUT2D eigenvalue weighted by Crippen LogP contribution is 2.24. The molecule has 0 aromatic heterocycles. The molecule has 1 aromatic carbocycles. The highest BCUT2D eigenvalue weighted by atomic mass is 35.5. The van der Waals surface area contributed by atoms with Gasteiger partial charge in [0.2, 0.25) is 0 Å². The molecule has 1 aromatic rings. The largest absolute Gasteiger partial charge is 0.434 e. The zero-order chi connectivity index (χ0) is 14.4. The van der Waals surface area contributed by atoms with E-state index in [4.69, 9.17) is 11.6 Å². The molecule has 108 valence electrons. The van der Waals surface area contributed by atoms with Crippen LogP contribution in [0.4, 0.5) is 8.78 Å². The Balaban J connectivity index is 2.72. The van der Waals surface area contributed by atoms with Gasteiger partial charge >= 0.3 is 6.61 Å². The third-order valence-corrected chi connectivity index (χ3v) is 3.59. The van der Waals surface area contributed by atoms with Crippen LogP contribution in [0.2, 0.25) is 5.02 Å². The Bertz CT molecular complexity index is 401. The van der Waals surface area contributed by atoms with Crippen LogP contribution in [0.25, 0.3) is 0 Å². The van der Waals surface area contributed by atoms with Crippen molar-refractivity contribution in [1.29, 1.82) is 0 Å². The van der Waals surface area contributed by atoms with Crippen LogP contribution in [0.1, 0.15) is 32.8 Å². The number of halogens is 3. The van der Waals surface area contributed by atoms with Gasteiger partial charge in [-0.05, 0) is 31.0 Å². The van der Waals surface area contributed by atoms with Crippen molar-refractivity contribution in [1.82, 2.24) is 5.32 Å². The van der Waals surface area contributed by atoms with Crippen molar-refractivity contribution < 1.29 is 13.5 Å². The monoisotopic (exact) mass is 291 g/mol. The van der Waals surface area contributed by atoms with Gasteiger partial charge in [0.15, 0.2) is 0 Å². The van der Waals surface area contributed by atoms with Crippen LogP contribution >= 0.6 is 11.6 Å². The number of rotatable bonds is 7. The van der Waals surface area contributed by atoms with E-state index in [9.17, 15) is 8.78 Å². The van der Waals surface area contributed by atoms with Crippen LogP contribution < -0.4 is 10.1 Å². The molecule has 0 saturated heterocycles. The fourth-order valence-electron chi connectivity index (χ4n) is 1.72. The Morgan fingerprint density at radius 3 is 2.58 bits per heavy atom. The normalized spacial score (nSPS) is 14.5. The molecule has 0 bridgehead atoms. The SMILES string of the molecule is CCC(C)C(C)NCc1cc(Cl)ccc1OC(F)F. The van der Waals surface area contributed by atoms with E-state index < -0.39 is 6.61 Å². The predicted octanol–water partition coefficient (Wildman–Crippen LogP) is 4.47. The summed E-state index contributed by atoms with van der Waals surface area (Å²) >= 11 is 5.89. The summed E-state index contributed by atoms with van der Waals surface area (Å²) in [5.41, 5.74) is 0.642. The van der Waals surface area contributed by atoms with Crippen LogP contribution in [0.3, 0.4) is 0 Å². The van der Waals surface area contributed by atoms with Gasteiger partial charge in [0.1, 0.15) is 5.75 Å². The topological polar surface area (TPSA) is 21.3 Å². The highest BCUT2D eigenvalue weighted by Gasteiger charge is 2.13. The summed E-state index contributed by atoms with van der Waals surface area (Å²) in [5, 5.41) is 3.82. The lowest BCUT2D eigenvalue weighted by molar-refractivity contribution is -0.0505. The molecule has 5 heteroatoms. The molecule has 0 aliphatic heterocycles. The van der Waals surface area contributed by atoms with Crippen molar-refractivity contribution in [2.24, 2.45) is 5.92 Å². The summed E-state index contributed by atoms with van der Waals surface area (Å²) in [6, 6.07) is 4.96. The number of hydrogen-bond acceptors (Lipinski definition) is 2. The molecule has 0 amide bonds. The molecule has 0 radical (unpaired) electrons. The van der Waals surface area contributed by atoms with Gasteiger partial charge in [-0.25, -0.2) is 0 Å². The second kappa shape index (κ2) is 7.65. The van der Waals surface area contributed by atoms with Crippen molar-refractivity contribution in [3.8, 4) is 5.75 Å². The summed E-state index contributed by atoms with van der Waals surface area (Å²) in [7, 11) is 0. The van der Waals surface area contributed by atoms with E-state index >= 15 is 0 Å². The summed E-state index contributed by atoms with van der Waals surface area (Å²) in [6.45, 7) is 3.96. The second-order valence-corrected chi connectivity index (χ2v) is 5.12. The Hall–Kier alpha value is -0.870. The van der Waals surface area contributed by atoms with Gasteiger partial charge < -0.3 is 10.1 Å². The van der Waals surface area contributed by atoms with Gasteiger partial charge in [-0.2, -0.15) is 8.78 Å². The average Bonchev–Trinajstić information content (AvgIpc) is 2.37. The van der Waals surface area contributed by atoms with Crippen molar-refractivity contribution in [3.63, 3.8) is 0 Å². The lowest BCUT2D eigenvalue weighted by atomic mass is 10.0. The van der Waals surface area contributed by atoms with Gasteiger partial charge in [0.25, 0.3) is 0 Å². The quantitative estimate of drug-likeness (QED) is 0.800. The average molecular weight is 292 g/mol. The van der Waals surface area contributed by atoms with E-state index in [1.54, 1.807) is 12.1 Å². The van der Waals surface area contributed by atoms with Gasteiger partial charge in [-0.3, -0.25) is 0 Å². The molecule has 0 aliphatic carbocycles. The minimum absolute atomic E-state index is 0.170. The molecular formula is C14H20ClF2NO. The molecule has 1 rings (SSSR count). The van der Waals surface area contributed by atoms with Crippen LogP contribution in [0.5, 0.6) is 5.75 Å². The first-order valence-electron chi connectivity index (χ1n) is 6.40. The number of benzene rings is 1. The van der Waals surface area contributed by atoms with Crippen LogP contribution in [0, 0.1) is 5.92 Å². The maximum atomic E-state index is 12.3. The summed E-state index contributed by atoms with van der Waals surface area (Å²) < 4.78 is 29.1. The minimum atomic E-state index is -2.83. The third-order valence-electron chi connectivity index (χ3n) is 3.35. The molecule has 0 heterocycles. The van der Waals surface area contributed by atoms with Gasteiger partial charge in [0, 0.05) is 23.2 Å². The van der Waals surface area contributed by atoms with Crippen molar-refractivity contribution in [3.05, 3.63) is 28.8 Å². The van der Waals surface area contributed by atoms with E-state index in [2.05, 4.69) is 30.8 Å². The van der Waals surface area contributed by atoms with E-state index in [-0.39, 0.29) is 5.75 Å². The molecule has 2 unspecified atom stereocenters. The van der Waals surface area contributed by atoms with Gasteiger partial charge in [0.05, 0.1) is 0 Å². The first kappa shape index (κ1) is 16.2. The number of alkyl halides is 2. The van der Waals surface area contributed by atoms with Crippen LogP contribution in [-0.4, -0.2) is 12.7 Å². The third kappa shape index (κ3) is 5.33. The fourth-order valence-corrected chi connectivity index (χ4v) is 1.92. The van der Waals surface area contributed by atoms with Crippen molar-refractivity contribution in [2.75, 3.05) is 0 Å². The van der Waals surface area contributed by atoms with Crippen LogP contribution in [0.15, 0.2) is 18.2 Å². The Labute approximate surface area is 118 Å². The molecule has 0 spiro atoms. The van der Waals surface area contributed by atoms with E-state index in [0.717, 1.165) is 6.42 Å².